The van der Waals surface area contributed by atoms with Crippen LogP contribution in [-0.4, -0.2) is 17.4 Å². The number of amides is 1. The van der Waals surface area contributed by atoms with Crippen LogP contribution in [-0.2, 0) is 24.2 Å². The van der Waals surface area contributed by atoms with Crippen LogP contribution in [0.25, 0.3) is 0 Å². The van der Waals surface area contributed by atoms with Crippen molar-refractivity contribution in [3.8, 4) is 5.75 Å². The number of ether oxygens (including phenoxy) is 1. The van der Waals surface area contributed by atoms with E-state index in [1.165, 1.54) is 24.3 Å². The molecule has 4 aromatic carbocycles. The molecule has 0 aliphatic carbocycles. The van der Waals surface area contributed by atoms with Gasteiger partial charge in [0.1, 0.15) is 18.2 Å². The molecule has 0 saturated heterocycles. The van der Waals surface area contributed by atoms with Crippen LogP contribution in [0, 0.1) is 15.9 Å². The van der Waals surface area contributed by atoms with Gasteiger partial charge in [-0.15, -0.1) is 0 Å². The molecule has 36 heavy (non-hydrogen) atoms. The molecule has 0 aromatic heterocycles. The molecule has 0 radical (unpaired) electrons. The first kappa shape index (κ1) is 24.6. The largest absolute Gasteiger partial charge is 0.489 e. The van der Waals surface area contributed by atoms with Crippen molar-refractivity contribution < 1.29 is 18.8 Å². The predicted octanol–water partition coefficient (Wildman–Crippen LogP) is 6.13. The van der Waals surface area contributed by atoms with Crippen LogP contribution < -0.4 is 9.64 Å². The second-order valence-corrected chi connectivity index (χ2v) is 8.29. The van der Waals surface area contributed by atoms with Gasteiger partial charge in [-0.3, -0.25) is 14.9 Å². The average Bonchev–Trinajstić information content (AvgIpc) is 2.90. The van der Waals surface area contributed by atoms with Crippen molar-refractivity contribution in [3.05, 3.63) is 136 Å². The Balaban J connectivity index is 1.45. The molecule has 0 unspecified atom stereocenters. The number of carbonyl (C=O) groups excluding carboxylic acids is 1. The number of nitrogens with zero attached hydrogens (tertiary/aromatic N) is 2. The maximum absolute atomic E-state index is 13.5. The molecule has 1 amide bonds. The molecule has 4 rings (SSSR count). The van der Waals surface area contributed by atoms with E-state index in [-0.39, 0.29) is 23.8 Å². The van der Waals surface area contributed by atoms with Crippen LogP contribution in [0.15, 0.2) is 103 Å². The van der Waals surface area contributed by atoms with Crippen LogP contribution in [0.4, 0.5) is 15.8 Å². The minimum atomic E-state index is -0.478. The van der Waals surface area contributed by atoms with E-state index in [1.807, 2.05) is 54.6 Å². The standard InChI is InChI=1S/C29H25FN2O4/c30-25-11-15-26(16-12-25)31(29(33)20-23-9-13-27(14-10-23)32(34)35)18-17-22-7-4-8-28(19-22)36-21-24-5-2-1-3-6-24/h1-16,19H,17-18,20-21H2. The van der Waals surface area contributed by atoms with Gasteiger partial charge >= 0.3 is 0 Å². The molecule has 0 aliphatic rings. The zero-order chi connectivity index (χ0) is 25.3. The number of rotatable bonds is 10. The maximum Gasteiger partial charge on any atom is 0.269 e. The van der Waals surface area contributed by atoms with Gasteiger partial charge in [0.2, 0.25) is 5.91 Å². The summed E-state index contributed by atoms with van der Waals surface area (Å²) in [7, 11) is 0. The summed E-state index contributed by atoms with van der Waals surface area (Å²) in [6.07, 6.45) is 0.627. The number of halogens is 1. The third-order valence-corrected chi connectivity index (χ3v) is 5.71. The molecule has 7 heteroatoms. The van der Waals surface area contributed by atoms with E-state index in [0.29, 0.717) is 30.8 Å². The molecular formula is C29H25FN2O4. The van der Waals surface area contributed by atoms with Gasteiger partial charge < -0.3 is 9.64 Å². The van der Waals surface area contributed by atoms with Crippen LogP contribution in [0.5, 0.6) is 5.75 Å². The van der Waals surface area contributed by atoms with E-state index in [0.717, 1.165) is 16.9 Å². The number of carbonyl (C=O) groups is 1. The first-order valence-corrected chi connectivity index (χ1v) is 11.5. The molecular weight excluding hydrogens is 459 g/mol. The van der Waals surface area contributed by atoms with Gasteiger partial charge in [-0.25, -0.2) is 4.39 Å². The summed E-state index contributed by atoms with van der Waals surface area (Å²) in [6, 6.07) is 29.3. The third-order valence-electron chi connectivity index (χ3n) is 5.71. The molecule has 0 N–H and O–H groups in total. The molecule has 0 atom stereocenters. The summed E-state index contributed by atoms with van der Waals surface area (Å²) < 4.78 is 19.4. The normalized spacial score (nSPS) is 10.6. The van der Waals surface area contributed by atoms with Crippen molar-refractivity contribution in [3.63, 3.8) is 0 Å². The van der Waals surface area contributed by atoms with E-state index in [2.05, 4.69) is 0 Å². The lowest BCUT2D eigenvalue weighted by Gasteiger charge is -2.23. The third kappa shape index (κ3) is 6.76. The summed E-state index contributed by atoms with van der Waals surface area (Å²) in [5.74, 6) is 0.165. The quantitative estimate of drug-likeness (QED) is 0.200. The second-order valence-electron chi connectivity index (χ2n) is 8.29. The van der Waals surface area contributed by atoms with Crippen LogP contribution in [0.3, 0.4) is 0 Å². The van der Waals surface area contributed by atoms with E-state index in [1.54, 1.807) is 29.2 Å². The van der Waals surface area contributed by atoms with Crippen molar-refractivity contribution in [1.29, 1.82) is 0 Å². The first-order chi connectivity index (χ1) is 17.5. The summed E-state index contributed by atoms with van der Waals surface area (Å²) in [4.78, 5) is 25.3. The lowest BCUT2D eigenvalue weighted by atomic mass is 10.1. The van der Waals surface area contributed by atoms with Crippen molar-refractivity contribution >= 4 is 17.3 Å². The highest BCUT2D eigenvalue weighted by Crippen LogP contribution is 2.21. The van der Waals surface area contributed by atoms with Crippen molar-refractivity contribution in [2.75, 3.05) is 11.4 Å². The number of nitro groups is 1. The van der Waals surface area contributed by atoms with E-state index in [4.69, 9.17) is 4.74 Å². The Hall–Kier alpha value is -4.52. The van der Waals surface area contributed by atoms with Gasteiger partial charge in [0.25, 0.3) is 5.69 Å². The molecule has 0 fully saturated rings. The molecule has 182 valence electrons. The highest BCUT2D eigenvalue weighted by atomic mass is 19.1. The van der Waals surface area contributed by atoms with Crippen molar-refractivity contribution in [2.24, 2.45) is 0 Å². The fraction of sp³-hybridized carbons (Fsp3) is 0.138. The summed E-state index contributed by atoms with van der Waals surface area (Å²) in [6.45, 7) is 0.833. The summed E-state index contributed by atoms with van der Waals surface area (Å²) >= 11 is 0. The number of hydrogen-bond donors (Lipinski definition) is 0. The lowest BCUT2D eigenvalue weighted by molar-refractivity contribution is -0.384. The smallest absolute Gasteiger partial charge is 0.269 e. The Morgan fingerprint density at radius 1 is 0.833 bits per heavy atom. The highest BCUT2D eigenvalue weighted by molar-refractivity contribution is 5.94. The Kier molecular flexibility index (Phi) is 8.03. The Morgan fingerprint density at radius 2 is 1.53 bits per heavy atom. The molecule has 0 heterocycles. The summed E-state index contributed by atoms with van der Waals surface area (Å²) in [5.41, 5.74) is 3.28. The Bertz CT molecular complexity index is 1310. The molecule has 0 aliphatic heterocycles. The van der Waals surface area contributed by atoms with Crippen LogP contribution in [0.1, 0.15) is 16.7 Å². The fourth-order valence-corrected chi connectivity index (χ4v) is 3.80. The number of nitro benzene ring substituents is 1. The molecule has 4 aromatic rings. The number of hydrogen-bond acceptors (Lipinski definition) is 4. The zero-order valence-electron chi connectivity index (χ0n) is 19.5. The Morgan fingerprint density at radius 3 is 2.22 bits per heavy atom. The van der Waals surface area contributed by atoms with Gasteiger partial charge in [0.05, 0.1) is 11.3 Å². The minimum absolute atomic E-state index is 0.0315. The van der Waals surface area contributed by atoms with Gasteiger partial charge in [0, 0.05) is 24.4 Å². The van der Waals surface area contributed by atoms with Gasteiger partial charge in [-0.05, 0) is 59.5 Å². The van der Waals surface area contributed by atoms with E-state index in [9.17, 15) is 19.3 Å². The molecule has 6 nitrogen and oxygen atoms in total. The zero-order valence-corrected chi connectivity index (χ0v) is 19.5. The topological polar surface area (TPSA) is 72.7 Å². The minimum Gasteiger partial charge on any atom is -0.489 e. The molecule has 0 bridgehead atoms. The highest BCUT2D eigenvalue weighted by Gasteiger charge is 2.17. The second kappa shape index (κ2) is 11.8. The van der Waals surface area contributed by atoms with Crippen LogP contribution in [0.2, 0.25) is 0 Å². The summed E-state index contributed by atoms with van der Waals surface area (Å²) in [5, 5.41) is 10.9. The number of benzene rings is 4. The number of anilines is 1. The number of non-ortho nitro benzene ring substituents is 1. The van der Waals surface area contributed by atoms with Gasteiger partial charge in [-0.2, -0.15) is 0 Å². The average molecular weight is 485 g/mol. The lowest BCUT2D eigenvalue weighted by Crippen LogP contribution is -2.34. The molecule has 0 saturated carbocycles. The van der Waals surface area contributed by atoms with E-state index >= 15 is 0 Å². The maximum atomic E-state index is 13.5. The predicted molar refractivity (Wildman–Crippen MR) is 136 cm³/mol. The monoisotopic (exact) mass is 484 g/mol. The van der Waals surface area contributed by atoms with Gasteiger partial charge in [-0.1, -0.05) is 54.6 Å². The fourth-order valence-electron chi connectivity index (χ4n) is 3.80. The van der Waals surface area contributed by atoms with E-state index < -0.39 is 4.92 Å². The van der Waals surface area contributed by atoms with Crippen molar-refractivity contribution in [1.82, 2.24) is 0 Å². The molecule has 0 spiro atoms. The van der Waals surface area contributed by atoms with Crippen molar-refractivity contribution in [2.45, 2.75) is 19.4 Å². The van der Waals surface area contributed by atoms with Gasteiger partial charge in [0.15, 0.2) is 0 Å². The first-order valence-electron chi connectivity index (χ1n) is 11.5. The SMILES string of the molecule is O=C(Cc1ccc([N+](=O)[O-])cc1)N(CCc1cccc(OCc2ccccc2)c1)c1ccc(F)cc1. The Labute approximate surface area is 208 Å². The van der Waals surface area contributed by atoms with Crippen LogP contribution >= 0.6 is 0 Å².